The van der Waals surface area contributed by atoms with Crippen LogP contribution >= 0.6 is 0 Å². The average Bonchev–Trinajstić information content (AvgIpc) is 3.21. The van der Waals surface area contributed by atoms with E-state index in [4.69, 9.17) is 15.5 Å². The van der Waals surface area contributed by atoms with Crippen molar-refractivity contribution < 1.29 is 9.13 Å². The van der Waals surface area contributed by atoms with Gasteiger partial charge in [0.2, 0.25) is 5.95 Å². The molecule has 2 aromatic heterocycles. The summed E-state index contributed by atoms with van der Waals surface area (Å²) >= 11 is 0. The van der Waals surface area contributed by atoms with Crippen LogP contribution in [0, 0.1) is 5.82 Å². The summed E-state index contributed by atoms with van der Waals surface area (Å²) in [5, 5.41) is 8.52. The van der Waals surface area contributed by atoms with Gasteiger partial charge in [-0.3, -0.25) is 0 Å². The minimum atomic E-state index is -0.335. The van der Waals surface area contributed by atoms with Crippen molar-refractivity contribution in [3.05, 3.63) is 90.2 Å². The number of nitrogens with zero attached hydrogens (tertiary/aromatic N) is 4. The maximum Gasteiger partial charge on any atom is 0.225 e. The highest BCUT2D eigenvalue weighted by atomic mass is 19.1. The summed E-state index contributed by atoms with van der Waals surface area (Å²) in [6, 6.07) is 23.7. The molecule has 0 bridgehead atoms. The second-order valence-corrected chi connectivity index (χ2v) is 7.73. The summed E-state index contributed by atoms with van der Waals surface area (Å²) in [6.07, 6.45) is 0.818. The van der Waals surface area contributed by atoms with Crippen LogP contribution in [0.15, 0.2) is 78.9 Å². The van der Waals surface area contributed by atoms with Crippen LogP contribution < -0.4 is 15.8 Å². The molecule has 170 valence electrons. The van der Waals surface area contributed by atoms with Crippen molar-refractivity contribution >= 4 is 22.8 Å². The Bertz CT molecular complexity index is 1430. The number of rotatable bonds is 7. The van der Waals surface area contributed by atoms with Crippen LogP contribution in [0.1, 0.15) is 5.56 Å². The Morgan fingerprint density at radius 3 is 2.44 bits per heavy atom. The van der Waals surface area contributed by atoms with E-state index in [-0.39, 0.29) is 5.82 Å². The Hall–Kier alpha value is -4.46. The first-order valence-electron chi connectivity index (χ1n) is 10.9. The number of nitrogen functional groups attached to an aromatic ring is 1. The predicted molar refractivity (Wildman–Crippen MR) is 132 cm³/mol. The lowest BCUT2D eigenvalue weighted by Gasteiger charge is -2.11. The van der Waals surface area contributed by atoms with Crippen LogP contribution in [0.2, 0.25) is 0 Å². The molecule has 8 heteroatoms. The Morgan fingerprint density at radius 1 is 0.941 bits per heavy atom. The van der Waals surface area contributed by atoms with E-state index in [2.05, 4.69) is 27.5 Å². The second-order valence-electron chi connectivity index (χ2n) is 7.73. The van der Waals surface area contributed by atoms with E-state index < -0.39 is 0 Å². The van der Waals surface area contributed by atoms with E-state index in [0.717, 1.165) is 12.0 Å². The van der Waals surface area contributed by atoms with E-state index >= 15 is 0 Å². The molecule has 5 rings (SSSR count). The molecule has 0 saturated carbocycles. The number of ether oxygens (including phenoxy) is 1. The first kappa shape index (κ1) is 21.4. The number of hydrogen-bond donors (Lipinski definition) is 2. The Kier molecular flexibility index (Phi) is 5.78. The van der Waals surface area contributed by atoms with E-state index in [1.165, 1.54) is 17.7 Å². The van der Waals surface area contributed by atoms with Gasteiger partial charge in [0.25, 0.3) is 0 Å². The van der Waals surface area contributed by atoms with Gasteiger partial charge in [-0.25, -0.2) is 14.1 Å². The first-order valence-corrected chi connectivity index (χ1v) is 10.9. The molecule has 3 aromatic carbocycles. The van der Waals surface area contributed by atoms with Gasteiger partial charge in [-0.2, -0.15) is 4.98 Å². The molecule has 0 aliphatic carbocycles. The molecule has 0 radical (unpaired) electrons. The highest BCUT2D eigenvalue weighted by molar-refractivity contribution is 6.00. The molecule has 0 spiro atoms. The summed E-state index contributed by atoms with van der Waals surface area (Å²) in [4.78, 5) is 9.42. The van der Waals surface area contributed by atoms with Gasteiger partial charge < -0.3 is 15.8 Å². The number of hydrogen-bond acceptors (Lipinski definition) is 6. The summed E-state index contributed by atoms with van der Waals surface area (Å²) in [7, 11) is 1.61. The third-order valence-corrected chi connectivity index (χ3v) is 5.54. The Labute approximate surface area is 196 Å². The molecule has 0 saturated heterocycles. The molecule has 3 N–H and O–H groups in total. The fraction of sp³-hybridized carbons (Fsp3) is 0.115. The standard InChI is InChI=1S/C26H23FN6O/c1-34-21-10-6-5-9-20(21)23-22-24(28)33(19-13-11-18(27)12-14-19)32-25(22)31-26(30-23)29-16-15-17-7-3-2-4-8-17/h2-14H,15-16,28H2,1H3,(H,29,31,32). The van der Waals surface area contributed by atoms with E-state index in [1.54, 1.807) is 23.9 Å². The average molecular weight is 455 g/mol. The number of nitrogens with two attached hydrogens (primary N) is 1. The molecule has 0 atom stereocenters. The topological polar surface area (TPSA) is 90.9 Å². The van der Waals surface area contributed by atoms with Crippen molar-refractivity contribution in [2.24, 2.45) is 0 Å². The molecule has 0 unspecified atom stereocenters. The molecule has 2 heterocycles. The van der Waals surface area contributed by atoms with Crippen molar-refractivity contribution in [2.75, 3.05) is 24.7 Å². The lowest BCUT2D eigenvalue weighted by atomic mass is 10.1. The number of anilines is 2. The largest absolute Gasteiger partial charge is 0.496 e. The van der Waals surface area contributed by atoms with Crippen molar-refractivity contribution in [1.29, 1.82) is 0 Å². The van der Waals surface area contributed by atoms with Crippen LogP contribution in [-0.2, 0) is 6.42 Å². The predicted octanol–water partition coefficient (Wildman–Crippen LogP) is 4.87. The first-order chi connectivity index (χ1) is 16.6. The van der Waals surface area contributed by atoms with Crippen LogP contribution in [0.4, 0.5) is 16.2 Å². The number of halogens is 1. The zero-order valence-corrected chi connectivity index (χ0v) is 18.6. The maximum atomic E-state index is 13.5. The molecule has 0 amide bonds. The third kappa shape index (κ3) is 4.13. The fourth-order valence-corrected chi connectivity index (χ4v) is 3.87. The minimum absolute atomic E-state index is 0.335. The number of para-hydroxylation sites is 1. The molecular formula is C26H23FN6O. The zero-order valence-electron chi connectivity index (χ0n) is 18.6. The highest BCUT2D eigenvalue weighted by Gasteiger charge is 2.21. The lowest BCUT2D eigenvalue weighted by Crippen LogP contribution is -2.09. The number of benzene rings is 3. The fourth-order valence-electron chi connectivity index (χ4n) is 3.87. The summed E-state index contributed by atoms with van der Waals surface area (Å²) < 4.78 is 20.6. The van der Waals surface area contributed by atoms with E-state index in [1.807, 2.05) is 42.5 Å². The Balaban J connectivity index is 1.60. The van der Waals surface area contributed by atoms with Crippen LogP contribution in [0.5, 0.6) is 5.75 Å². The Morgan fingerprint density at radius 2 is 1.68 bits per heavy atom. The minimum Gasteiger partial charge on any atom is -0.496 e. The van der Waals surface area contributed by atoms with Crippen molar-refractivity contribution in [1.82, 2.24) is 19.7 Å². The van der Waals surface area contributed by atoms with Crippen molar-refractivity contribution in [3.63, 3.8) is 0 Å². The summed E-state index contributed by atoms with van der Waals surface area (Å²) in [5.74, 6) is 1.12. The van der Waals surface area contributed by atoms with E-state index in [0.29, 0.717) is 46.5 Å². The monoisotopic (exact) mass is 454 g/mol. The molecule has 0 aliphatic rings. The normalized spacial score (nSPS) is 11.0. The molecule has 5 aromatic rings. The van der Waals surface area contributed by atoms with Gasteiger partial charge in [0, 0.05) is 12.1 Å². The van der Waals surface area contributed by atoms with Gasteiger partial charge in [-0.15, -0.1) is 5.10 Å². The van der Waals surface area contributed by atoms with E-state index in [9.17, 15) is 4.39 Å². The van der Waals surface area contributed by atoms with Gasteiger partial charge >= 0.3 is 0 Å². The number of methoxy groups -OCH3 is 1. The quantitative estimate of drug-likeness (QED) is 0.365. The summed E-state index contributed by atoms with van der Waals surface area (Å²) in [6.45, 7) is 0.648. The van der Waals surface area contributed by atoms with Crippen LogP contribution in [-0.4, -0.2) is 33.4 Å². The van der Waals surface area contributed by atoms with Crippen LogP contribution in [0.25, 0.3) is 28.0 Å². The number of nitrogens with one attached hydrogen (secondary N) is 1. The zero-order chi connectivity index (χ0) is 23.5. The smallest absolute Gasteiger partial charge is 0.225 e. The maximum absolute atomic E-state index is 13.5. The second kappa shape index (κ2) is 9.19. The summed E-state index contributed by atoms with van der Waals surface area (Å²) in [5.41, 5.74) is 10.2. The van der Waals surface area contributed by atoms with Crippen LogP contribution in [0.3, 0.4) is 0 Å². The molecular weight excluding hydrogens is 431 g/mol. The third-order valence-electron chi connectivity index (χ3n) is 5.54. The van der Waals surface area contributed by atoms with Crippen molar-refractivity contribution in [3.8, 4) is 22.7 Å². The molecule has 0 aliphatic heterocycles. The van der Waals surface area contributed by atoms with Crippen molar-refractivity contribution in [2.45, 2.75) is 6.42 Å². The number of aromatic nitrogens is 4. The molecule has 7 nitrogen and oxygen atoms in total. The van der Waals surface area contributed by atoms with Gasteiger partial charge in [-0.05, 0) is 48.4 Å². The van der Waals surface area contributed by atoms with Gasteiger partial charge in [0.15, 0.2) is 5.65 Å². The van der Waals surface area contributed by atoms with Gasteiger partial charge in [0.1, 0.15) is 17.4 Å². The molecule has 34 heavy (non-hydrogen) atoms. The SMILES string of the molecule is COc1ccccc1-c1nc(NCCc2ccccc2)nc2nn(-c3ccc(F)cc3)c(N)c12. The van der Waals surface area contributed by atoms with Gasteiger partial charge in [0.05, 0.1) is 23.9 Å². The molecule has 0 fully saturated rings. The highest BCUT2D eigenvalue weighted by Crippen LogP contribution is 2.37. The lowest BCUT2D eigenvalue weighted by molar-refractivity contribution is 0.416. The number of fused-ring (bicyclic) bond motifs is 1. The van der Waals surface area contributed by atoms with Gasteiger partial charge in [-0.1, -0.05) is 42.5 Å².